The van der Waals surface area contributed by atoms with Gasteiger partial charge in [-0.3, -0.25) is 4.72 Å². The topological polar surface area (TPSA) is 96.0 Å². The molecule has 7 nitrogen and oxygen atoms in total. The molecule has 0 unspecified atom stereocenters. The van der Waals surface area contributed by atoms with E-state index in [4.69, 9.17) is 23.8 Å². The van der Waals surface area contributed by atoms with Gasteiger partial charge in [0.2, 0.25) is 0 Å². The number of hydrogen-bond acceptors (Lipinski definition) is 5. The number of hydrogen-bond donors (Lipinski definition) is 3. The lowest BCUT2D eigenvalue weighted by Crippen LogP contribution is -2.20. The van der Waals surface area contributed by atoms with Crippen molar-refractivity contribution in [2.45, 2.75) is 18.2 Å². The van der Waals surface area contributed by atoms with Crippen LogP contribution in [0.2, 0.25) is 5.15 Å². The first-order chi connectivity index (χ1) is 13.9. The van der Waals surface area contributed by atoms with Gasteiger partial charge < -0.3 is 10.6 Å². The van der Waals surface area contributed by atoms with Crippen LogP contribution in [0.5, 0.6) is 0 Å². The quantitative estimate of drug-likeness (QED) is 0.484. The fraction of sp³-hybridized carbons (Fsp3) is 0.105. The summed E-state index contributed by atoms with van der Waals surface area (Å²) in [5, 5.41) is 14.1. The Bertz CT molecular complexity index is 1100. The Morgan fingerprint density at radius 1 is 1.00 bits per heavy atom. The maximum atomic E-state index is 12.5. The summed E-state index contributed by atoms with van der Waals surface area (Å²) >= 11 is 11.0. The van der Waals surface area contributed by atoms with Crippen molar-refractivity contribution >= 4 is 56.1 Å². The first kappa shape index (κ1) is 21.0. The number of benzene rings is 2. The van der Waals surface area contributed by atoms with Crippen LogP contribution >= 0.6 is 23.8 Å². The van der Waals surface area contributed by atoms with Gasteiger partial charge in [-0.1, -0.05) is 36.7 Å². The summed E-state index contributed by atoms with van der Waals surface area (Å²) in [4.78, 5) is 0.0787. The van der Waals surface area contributed by atoms with E-state index in [9.17, 15) is 8.42 Å². The summed E-state index contributed by atoms with van der Waals surface area (Å²) in [6.07, 6.45) is 0.878. The van der Waals surface area contributed by atoms with Gasteiger partial charge in [0.05, 0.1) is 4.90 Å². The zero-order valence-corrected chi connectivity index (χ0v) is 17.8. The van der Waals surface area contributed by atoms with Gasteiger partial charge >= 0.3 is 0 Å². The molecular formula is C19H18ClN5O2S2. The Morgan fingerprint density at radius 3 is 2.38 bits per heavy atom. The smallest absolute Gasteiger partial charge is 0.263 e. The van der Waals surface area contributed by atoms with E-state index in [1.165, 1.54) is 24.3 Å². The second-order valence-electron chi connectivity index (χ2n) is 5.96. The molecule has 0 spiro atoms. The average Bonchev–Trinajstić information content (AvgIpc) is 2.70. The highest BCUT2D eigenvalue weighted by Gasteiger charge is 2.15. The molecule has 3 rings (SSSR count). The Morgan fingerprint density at radius 2 is 1.72 bits per heavy atom. The molecule has 0 amide bonds. The van der Waals surface area contributed by atoms with Gasteiger partial charge in [-0.15, -0.1) is 10.2 Å². The van der Waals surface area contributed by atoms with Gasteiger partial charge in [0.15, 0.2) is 16.1 Å². The number of sulfonamides is 1. The normalized spacial score (nSPS) is 11.0. The van der Waals surface area contributed by atoms with Crippen LogP contribution in [0, 0.1) is 0 Å². The number of nitrogens with one attached hydrogen (secondary N) is 3. The zero-order valence-electron chi connectivity index (χ0n) is 15.4. The third-order valence-corrected chi connectivity index (χ3v) is 5.72. The molecule has 2 aromatic carbocycles. The third kappa shape index (κ3) is 5.63. The summed E-state index contributed by atoms with van der Waals surface area (Å²) in [6, 6.07) is 17.0. The molecule has 0 aliphatic heterocycles. The minimum atomic E-state index is -3.80. The highest BCUT2D eigenvalue weighted by atomic mass is 35.5. The summed E-state index contributed by atoms with van der Waals surface area (Å²) < 4.78 is 27.3. The van der Waals surface area contributed by atoms with E-state index in [0.29, 0.717) is 10.8 Å². The molecule has 0 saturated carbocycles. The van der Waals surface area contributed by atoms with E-state index in [0.717, 1.165) is 17.7 Å². The van der Waals surface area contributed by atoms with Crippen molar-refractivity contribution in [1.29, 1.82) is 0 Å². The largest absolute Gasteiger partial charge is 0.332 e. The molecule has 0 atom stereocenters. The van der Waals surface area contributed by atoms with Crippen molar-refractivity contribution in [3.05, 3.63) is 71.4 Å². The van der Waals surface area contributed by atoms with Crippen molar-refractivity contribution in [3.8, 4) is 0 Å². The molecule has 10 heteroatoms. The number of halogens is 1. The van der Waals surface area contributed by atoms with Crippen molar-refractivity contribution in [2.24, 2.45) is 0 Å². The van der Waals surface area contributed by atoms with Gasteiger partial charge in [0.25, 0.3) is 10.0 Å². The Kier molecular flexibility index (Phi) is 6.63. The predicted octanol–water partition coefficient (Wildman–Crippen LogP) is 4.30. The molecule has 0 fully saturated rings. The number of anilines is 3. The molecule has 3 N–H and O–H groups in total. The van der Waals surface area contributed by atoms with Gasteiger partial charge in [-0.2, -0.15) is 0 Å². The highest BCUT2D eigenvalue weighted by Crippen LogP contribution is 2.19. The predicted molar refractivity (Wildman–Crippen MR) is 120 cm³/mol. The van der Waals surface area contributed by atoms with Gasteiger partial charge in [-0.05, 0) is 66.7 Å². The van der Waals surface area contributed by atoms with Crippen LogP contribution in [0.3, 0.4) is 0 Å². The molecule has 0 aliphatic carbocycles. The summed E-state index contributed by atoms with van der Waals surface area (Å²) in [6.45, 7) is 2.07. The summed E-state index contributed by atoms with van der Waals surface area (Å²) in [5.74, 6) is 0.0802. The second kappa shape index (κ2) is 9.17. The molecule has 0 aliphatic rings. The second-order valence-corrected chi connectivity index (χ2v) is 8.44. The average molecular weight is 448 g/mol. The molecule has 1 heterocycles. The minimum absolute atomic E-state index is 0.0787. The van der Waals surface area contributed by atoms with Gasteiger partial charge in [0, 0.05) is 11.4 Å². The molecule has 3 aromatic rings. The highest BCUT2D eigenvalue weighted by molar-refractivity contribution is 7.92. The summed E-state index contributed by atoms with van der Waals surface area (Å²) in [5.41, 5.74) is 2.73. The SMILES string of the molecule is CCc1ccccc1NC(=S)Nc1ccc(S(=O)(=O)Nc2ccc(Cl)nn2)cc1. The van der Waals surface area contributed by atoms with Crippen LogP contribution in [-0.2, 0) is 16.4 Å². The molecule has 0 bridgehead atoms. The van der Waals surface area contributed by atoms with E-state index < -0.39 is 10.0 Å². The van der Waals surface area contributed by atoms with Crippen molar-refractivity contribution in [2.75, 3.05) is 15.4 Å². The monoisotopic (exact) mass is 447 g/mol. The minimum Gasteiger partial charge on any atom is -0.332 e. The van der Waals surface area contributed by atoms with Gasteiger partial charge in [-0.25, -0.2) is 8.42 Å². The lowest BCUT2D eigenvalue weighted by atomic mass is 10.1. The van der Waals surface area contributed by atoms with E-state index in [2.05, 4.69) is 32.5 Å². The van der Waals surface area contributed by atoms with Crippen LogP contribution in [0.25, 0.3) is 0 Å². The third-order valence-electron chi connectivity index (χ3n) is 3.94. The molecule has 0 saturated heterocycles. The first-order valence-electron chi connectivity index (χ1n) is 8.65. The number of aryl methyl sites for hydroxylation is 1. The van der Waals surface area contributed by atoms with Crippen LogP contribution in [0.15, 0.2) is 65.6 Å². The molecular weight excluding hydrogens is 430 g/mol. The first-order valence-corrected chi connectivity index (χ1v) is 10.9. The number of aromatic nitrogens is 2. The maximum absolute atomic E-state index is 12.5. The summed E-state index contributed by atoms with van der Waals surface area (Å²) in [7, 11) is -3.80. The number of nitrogens with zero attached hydrogens (tertiary/aromatic N) is 2. The lowest BCUT2D eigenvalue weighted by Gasteiger charge is -2.14. The van der Waals surface area contributed by atoms with Crippen molar-refractivity contribution in [3.63, 3.8) is 0 Å². The van der Waals surface area contributed by atoms with Crippen LogP contribution < -0.4 is 15.4 Å². The standard InChI is InChI=1S/C19H18ClN5O2S2/c1-2-13-5-3-4-6-16(13)22-19(28)21-14-7-9-15(10-8-14)29(26,27)25-18-12-11-17(20)23-24-18/h3-12H,2H2,1H3,(H,24,25)(H2,21,22,28). The Labute approximate surface area is 179 Å². The van der Waals surface area contributed by atoms with E-state index in [-0.39, 0.29) is 15.9 Å². The fourth-order valence-corrected chi connectivity index (χ4v) is 3.84. The van der Waals surface area contributed by atoms with Crippen LogP contribution in [0.1, 0.15) is 12.5 Å². The van der Waals surface area contributed by atoms with Crippen LogP contribution in [-0.4, -0.2) is 23.7 Å². The van der Waals surface area contributed by atoms with Gasteiger partial charge in [0.1, 0.15) is 0 Å². The lowest BCUT2D eigenvalue weighted by molar-refractivity contribution is 0.601. The van der Waals surface area contributed by atoms with Crippen molar-refractivity contribution in [1.82, 2.24) is 10.2 Å². The van der Waals surface area contributed by atoms with Crippen molar-refractivity contribution < 1.29 is 8.42 Å². The Balaban J connectivity index is 1.66. The molecule has 1 aromatic heterocycles. The molecule has 29 heavy (non-hydrogen) atoms. The zero-order chi connectivity index (χ0) is 20.9. The van der Waals surface area contributed by atoms with E-state index in [1.807, 2.05) is 24.3 Å². The fourth-order valence-electron chi connectivity index (χ4n) is 2.52. The van der Waals surface area contributed by atoms with E-state index >= 15 is 0 Å². The number of para-hydroxylation sites is 1. The number of thiocarbonyl (C=S) groups is 1. The molecule has 150 valence electrons. The van der Waals surface area contributed by atoms with Crippen LogP contribution in [0.4, 0.5) is 17.2 Å². The van der Waals surface area contributed by atoms with E-state index in [1.54, 1.807) is 12.1 Å². The Hall–Kier alpha value is -2.75. The molecule has 0 radical (unpaired) electrons. The number of rotatable bonds is 6. The maximum Gasteiger partial charge on any atom is 0.263 e.